The Balaban J connectivity index is 2.22. The van der Waals surface area contributed by atoms with Crippen LogP contribution in [0.5, 0.6) is 0 Å². The summed E-state index contributed by atoms with van der Waals surface area (Å²) in [5.74, 6) is -0.463. The van der Waals surface area contributed by atoms with E-state index in [2.05, 4.69) is 5.32 Å². The van der Waals surface area contributed by atoms with Crippen molar-refractivity contribution in [1.29, 1.82) is 0 Å². The third kappa shape index (κ3) is 2.08. The summed E-state index contributed by atoms with van der Waals surface area (Å²) in [6.07, 6.45) is -3.55. The number of nitrogens with two attached hydrogens (primary N) is 1. The zero-order valence-corrected chi connectivity index (χ0v) is 9.85. The van der Waals surface area contributed by atoms with Gasteiger partial charge in [-0.2, -0.15) is 0 Å². The standard InChI is InChI=1S/C10H17N3O5/c1-13-2-4(9(17)12-10(13)11)8-7(16)6(15)5(3-14)18-8/h2,5-8,10,14-16H,3,11H2,1H3,(H,12,17)/t5-,6?,7+,8+,10?/m1/s1. The van der Waals surface area contributed by atoms with Crippen molar-refractivity contribution in [3.63, 3.8) is 0 Å². The van der Waals surface area contributed by atoms with Gasteiger partial charge in [-0.25, -0.2) is 0 Å². The lowest BCUT2D eigenvalue weighted by Crippen LogP contribution is -2.56. The summed E-state index contributed by atoms with van der Waals surface area (Å²) in [6, 6.07) is 0. The van der Waals surface area contributed by atoms with E-state index >= 15 is 0 Å². The van der Waals surface area contributed by atoms with E-state index in [9.17, 15) is 15.0 Å². The van der Waals surface area contributed by atoms with Crippen LogP contribution in [0.15, 0.2) is 11.8 Å². The Kier molecular flexibility index (Phi) is 3.55. The second-order valence-corrected chi connectivity index (χ2v) is 4.43. The lowest BCUT2D eigenvalue weighted by atomic mass is 10.0. The minimum Gasteiger partial charge on any atom is -0.394 e. The average Bonchev–Trinajstić information content (AvgIpc) is 2.61. The van der Waals surface area contributed by atoms with Crippen molar-refractivity contribution in [1.82, 2.24) is 10.2 Å². The Labute approximate surface area is 104 Å². The van der Waals surface area contributed by atoms with Crippen LogP contribution < -0.4 is 11.1 Å². The van der Waals surface area contributed by atoms with Gasteiger partial charge in [0, 0.05) is 13.2 Å². The van der Waals surface area contributed by atoms with Crippen molar-refractivity contribution in [2.75, 3.05) is 13.7 Å². The van der Waals surface area contributed by atoms with Crippen LogP contribution in [0.3, 0.4) is 0 Å². The van der Waals surface area contributed by atoms with Crippen LogP contribution in [0.1, 0.15) is 0 Å². The number of carbonyl (C=O) groups excluding carboxylic acids is 1. The molecule has 8 nitrogen and oxygen atoms in total. The molecule has 1 saturated heterocycles. The minimum absolute atomic E-state index is 0.168. The van der Waals surface area contributed by atoms with Gasteiger partial charge in [0.25, 0.3) is 5.91 Å². The maximum absolute atomic E-state index is 11.8. The number of aliphatic hydroxyl groups is 3. The van der Waals surface area contributed by atoms with Gasteiger partial charge in [0.15, 0.2) is 6.29 Å². The van der Waals surface area contributed by atoms with Crippen molar-refractivity contribution in [2.24, 2.45) is 5.73 Å². The third-order valence-electron chi connectivity index (χ3n) is 3.17. The normalized spacial score (nSPS) is 40.7. The summed E-state index contributed by atoms with van der Waals surface area (Å²) in [5.41, 5.74) is 5.77. The first kappa shape index (κ1) is 13.2. The largest absolute Gasteiger partial charge is 0.394 e. The second-order valence-electron chi connectivity index (χ2n) is 4.43. The molecule has 18 heavy (non-hydrogen) atoms. The number of rotatable bonds is 2. The highest BCUT2D eigenvalue weighted by Gasteiger charge is 2.46. The summed E-state index contributed by atoms with van der Waals surface area (Å²) >= 11 is 0. The van der Waals surface area contributed by atoms with Gasteiger partial charge < -0.3 is 30.3 Å². The molecule has 102 valence electrons. The van der Waals surface area contributed by atoms with E-state index in [-0.39, 0.29) is 5.57 Å². The highest BCUT2D eigenvalue weighted by Crippen LogP contribution is 2.27. The van der Waals surface area contributed by atoms with E-state index in [1.807, 2.05) is 0 Å². The van der Waals surface area contributed by atoms with E-state index < -0.39 is 43.2 Å². The van der Waals surface area contributed by atoms with E-state index in [4.69, 9.17) is 15.6 Å². The lowest BCUT2D eigenvalue weighted by molar-refractivity contribution is -0.122. The van der Waals surface area contributed by atoms with Crippen LogP contribution in [0.2, 0.25) is 0 Å². The zero-order valence-electron chi connectivity index (χ0n) is 9.85. The first-order valence-corrected chi connectivity index (χ1v) is 5.58. The van der Waals surface area contributed by atoms with Crippen molar-refractivity contribution >= 4 is 5.91 Å². The molecule has 1 fully saturated rings. The van der Waals surface area contributed by atoms with Gasteiger partial charge in [-0.05, 0) is 0 Å². The average molecular weight is 259 g/mol. The topological polar surface area (TPSA) is 128 Å². The summed E-state index contributed by atoms with van der Waals surface area (Å²) in [7, 11) is 1.66. The Hall–Kier alpha value is -1.19. The van der Waals surface area contributed by atoms with E-state index in [1.165, 1.54) is 6.20 Å². The number of carbonyl (C=O) groups is 1. The lowest BCUT2D eigenvalue weighted by Gasteiger charge is -2.32. The fourth-order valence-corrected chi connectivity index (χ4v) is 2.04. The van der Waals surface area contributed by atoms with Crippen LogP contribution in [0, 0.1) is 0 Å². The van der Waals surface area contributed by atoms with Gasteiger partial charge in [0.05, 0.1) is 12.2 Å². The molecule has 2 aliphatic heterocycles. The number of nitrogens with zero attached hydrogens (tertiary/aromatic N) is 1. The molecule has 0 aromatic rings. The number of nitrogens with one attached hydrogen (secondary N) is 1. The molecule has 0 spiro atoms. The highest BCUT2D eigenvalue weighted by molar-refractivity contribution is 5.95. The SMILES string of the molecule is CN1C=C([C@@H]2O[C@H](CO)C(O)[C@@H]2O)C(=O)NC1N. The molecule has 0 radical (unpaired) electrons. The van der Waals surface area contributed by atoms with Crippen molar-refractivity contribution in [2.45, 2.75) is 30.7 Å². The van der Waals surface area contributed by atoms with Gasteiger partial charge in [0.1, 0.15) is 24.4 Å². The smallest absolute Gasteiger partial charge is 0.254 e. The zero-order chi connectivity index (χ0) is 13.4. The molecule has 6 N–H and O–H groups in total. The van der Waals surface area contributed by atoms with Gasteiger partial charge >= 0.3 is 0 Å². The Morgan fingerprint density at radius 1 is 1.50 bits per heavy atom. The molecule has 2 heterocycles. The predicted octanol–water partition coefficient (Wildman–Crippen LogP) is -3.34. The molecule has 8 heteroatoms. The molecule has 0 saturated carbocycles. The molecule has 0 aromatic carbocycles. The minimum atomic E-state index is -1.26. The first-order valence-electron chi connectivity index (χ1n) is 5.58. The van der Waals surface area contributed by atoms with Gasteiger partial charge in [0.2, 0.25) is 0 Å². The number of hydrogen-bond donors (Lipinski definition) is 5. The summed E-state index contributed by atoms with van der Waals surface area (Å²) in [6.45, 7) is -0.432. The molecule has 0 aromatic heterocycles. The van der Waals surface area contributed by atoms with Crippen molar-refractivity contribution in [3.05, 3.63) is 11.8 Å². The predicted molar refractivity (Wildman–Crippen MR) is 59.7 cm³/mol. The van der Waals surface area contributed by atoms with E-state index in [1.54, 1.807) is 11.9 Å². The number of aliphatic hydroxyl groups excluding tert-OH is 3. The molecular weight excluding hydrogens is 242 g/mol. The van der Waals surface area contributed by atoms with Crippen molar-refractivity contribution < 1.29 is 24.9 Å². The van der Waals surface area contributed by atoms with Gasteiger partial charge in [-0.1, -0.05) is 0 Å². The van der Waals surface area contributed by atoms with Crippen LogP contribution in [-0.4, -0.2) is 70.5 Å². The molecule has 0 bridgehead atoms. The fraction of sp³-hybridized carbons (Fsp3) is 0.700. The maximum atomic E-state index is 11.8. The Bertz CT molecular complexity index is 375. The number of amides is 1. The molecular formula is C10H17N3O5. The van der Waals surface area contributed by atoms with E-state index in [0.29, 0.717) is 0 Å². The molecule has 1 amide bonds. The van der Waals surface area contributed by atoms with Crippen molar-refractivity contribution in [3.8, 4) is 0 Å². The summed E-state index contributed by atoms with van der Waals surface area (Å²) < 4.78 is 5.28. The van der Waals surface area contributed by atoms with Gasteiger partial charge in [-0.3, -0.25) is 10.5 Å². The maximum Gasteiger partial charge on any atom is 0.254 e. The molecule has 2 unspecified atom stereocenters. The fourth-order valence-electron chi connectivity index (χ4n) is 2.04. The summed E-state index contributed by atoms with van der Waals surface area (Å²) in [4.78, 5) is 13.3. The Morgan fingerprint density at radius 2 is 2.17 bits per heavy atom. The molecule has 5 atom stereocenters. The monoisotopic (exact) mass is 259 g/mol. The Morgan fingerprint density at radius 3 is 2.72 bits per heavy atom. The second kappa shape index (κ2) is 4.82. The first-order chi connectivity index (χ1) is 8.45. The van der Waals surface area contributed by atoms with E-state index in [0.717, 1.165) is 0 Å². The van der Waals surface area contributed by atoms with Crippen LogP contribution in [0.4, 0.5) is 0 Å². The van der Waals surface area contributed by atoms with Gasteiger partial charge in [-0.15, -0.1) is 0 Å². The number of hydrogen-bond acceptors (Lipinski definition) is 7. The molecule has 0 aliphatic carbocycles. The molecule has 2 rings (SSSR count). The highest BCUT2D eigenvalue weighted by atomic mass is 16.6. The third-order valence-corrected chi connectivity index (χ3v) is 3.17. The number of ether oxygens (including phenoxy) is 1. The summed E-state index contributed by atoms with van der Waals surface area (Å²) in [5, 5.41) is 30.9. The van der Waals surface area contributed by atoms with Crippen LogP contribution in [0.25, 0.3) is 0 Å². The quantitative estimate of drug-likeness (QED) is 0.350. The van der Waals surface area contributed by atoms with Crippen LogP contribution in [-0.2, 0) is 9.53 Å². The molecule has 2 aliphatic rings. The van der Waals surface area contributed by atoms with Crippen LogP contribution >= 0.6 is 0 Å².